The summed E-state index contributed by atoms with van der Waals surface area (Å²) in [7, 11) is 3.48. The van der Waals surface area contributed by atoms with Crippen LogP contribution in [-0.4, -0.2) is 235 Å². The summed E-state index contributed by atoms with van der Waals surface area (Å²) in [5, 5.41) is 62.6. The van der Waals surface area contributed by atoms with Crippen LogP contribution in [0.2, 0.25) is 0 Å². The zero-order valence-electron chi connectivity index (χ0n) is 52.7. The molecular weight excluding hydrogens is 1320 g/mol. The number of hydrogen-bond donors (Lipinski definition) is 17. The Hall–Kier alpha value is -7.87. The number of phenols is 1. The maximum absolute atomic E-state index is 15.0. The number of imidazole rings is 1. The normalized spacial score (nSPS) is 26.4. The van der Waals surface area contributed by atoms with Crippen LogP contribution in [0.3, 0.4) is 0 Å². The molecule has 2 bridgehead atoms. The van der Waals surface area contributed by atoms with Crippen molar-refractivity contribution in [2.45, 2.75) is 158 Å². The molecule has 5 heterocycles. The lowest BCUT2D eigenvalue weighted by Crippen LogP contribution is -2.61. The third-order valence-electron chi connectivity index (χ3n) is 15.5. The largest absolute Gasteiger partial charge is 0.508 e. The second-order valence-electron chi connectivity index (χ2n) is 23.8. The van der Waals surface area contributed by atoms with E-state index in [1.807, 2.05) is 0 Å². The van der Waals surface area contributed by atoms with Crippen molar-refractivity contribution in [1.82, 2.24) is 78.7 Å². The van der Waals surface area contributed by atoms with Crippen LogP contribution in [-0.2, 0) is 80.0 Å². The maximum atomic E-state index is 15.0. The number of benzene rings is 1. The number of aromatic hydroxyl groups is 1. The average Bonchev–Trinajstić information content (AvgIpc) is 1.73. The molecule has 0 radical (unpaired) electrons. The monoisotopic (exact) mass is 1400 g/mol. The van der Waals surface area contributed by atoms with Crippen molar-refractivity contribution in [2.24, 2.45) is 17.6 Å². The Morgan fingerprint density at radius 2 is 1.33 bits per heavy atom. The van der Waals surface area contributed by atoms with Crippen molar-refractivity contribution in [3.8, 4) is 5.75 Å². The Kier molecular flexibility index (Phi) is 30.0. The van der Waals surface area contributed by atoms with Crippen LogP contribution in [0.4, 0.5) is 0 Å². The van der Waals surface area contributed by atoms with Crippen LogP contribution in [0.5, 0.6) is 5.75 Å². The number of carbonyl (C=O) groups excluding carboxylic acids is 13. The van der Waals surface area contributed by atoms with Crippen molar-refractivity contribution in [3.05, 3.63) is 48.0 Å². The molecule has 18 N–H and O–H groups in total. The molecule has 1 aromatic carbocycles. The molecule has 0 aliphatic carbocycles. The number of nitrogens with one attached hydrogen (secondary N) is 13. The van der Waals surface area contributed by atoms with Gasteiger partial charge in [0, 0.05) is 60.7 Å². The first-order valence-electron chi connectivity index (χ1n) is 30.9. The number of aliphatic hydroxyl groups excluding tert-OH is 1. The van der Waals surface area contributed by atoms with Gasteiger partial charge >= 0.3 is 5.97 Å². The highest BCUT2D eigenvalue weighted by Crippen LogP contribution is 2.27. The quantitative estimate of drug-likeness (QED) is 0.0494. The second-order valence-corrected chi connectivity index (χ2v) is 28.9. The Labute approximate surface area is 562 Å². The number of phenolic OH excluding ortho intramolecular Hbond substituents is 1. The van der Waals surface area contributed by atoms with Gasteiger partial charge in [0.1, 0.15) is 72.2 Å². The summed E-state index contributed by atoms with van der Waals surface area (Å²) in [6, 6.07) is -10.5. The standard InChI is InChI=1S/C58H84N16O17S4/c1-28(2)17-35-51(83)70-39-24-93-92-23-38(49(81)62-21-44(78)65-36(18-30-8-10-32(75)11-9-30)52(84)66-33(50(82)67-35)7-5-6-15-59)69-54(86)40(71-55(87)46(29(3)4)73-45(79)22-61-48(80)34-12-13-43(77)64-34)25-94-95-26-41(58(90)91)72-56(88)47-42(76)14-16-74(47)57(89)37(68-53(39)85)19-31-20-60-27-63-31/h8-11,20,27-29,33-42,46-47,75-76H,5-7,12-19,21-26,59H2,1-4H3,(H,60,63)(H,61,80)(H,62,81)(H,64,77)(H,65,78)(H,66,84)(H,67,82)(H,68,85)(H,69,86)(H,70,83)(H,71,87)(H,72,88)(H,73,79)(H,90,91)/t33-,34-,35-,36-,37-,38-,39+,40-,41-,42-,46-,47-/m0/s1. The molecule has 2 aromatic rings. The summed E-state index contributed by atoms with van der Waals surface area (Å²) < 4.78 is 0. The first-order chi connectivity index (χ1) is 45.2. The van der Waals surface area contributed by atoms with E-state index in [2.05, 4.69) is 73.8 Å². The van der Waals surface area contributed by atoms with Crippen LogP contribution < -0.4 is 69.5 Å². The van der Waals surface area contributed by atoms with Crippen molar-refractivity contribution >= 4 is 126 Å². The first kappa shape index (κ1) is 76.2. The highest BCUT2D eigenvalue weighted by molar-refractivity contribution is 8.77. The van der Waals surface area contributed by atoms with Gasteiger partial charge < -0.3 is 94.7 Å². The minimum Gasteiger partial charge on any atom is -0.508 e. The number of nitrogens with two attached hydrogens (primary N) is 1. The summed E-state index contributed by atoms with van der Waals surface area (Å²) in [5.41, 5.74) is 6.59. The van der Waals surface area contributed by atoms with E-state index in [-0.39, 0.29) is 87.1 Å². The molecule has 33 nitrogen and oxygen atoms in total. The number of aliphatic hydroxyl groups is 1. The number of rotatable bonds is 18. The molecule has 4 aliphatic rings. The van der Waals surface area contributed by atoms with Crippen molar-refractivity contribution in [3.63, 3.8) is 0 Å². The molecule has 4 aliphatic heterocycles. The van der Waals surface area contributed by atoms with E-state index in [0.717, 1.165) is 48.1 Å². The molecular formula is C58H84N16O17S4. The molecule has 0 unspecified atom stereocenters. The summed E-state index contributed by atoms with van der Waals surface area (Å²) >= 11 is 0. The molecule has 37 heteroatoms. The van der Waals surface area contributed by atoms with Gasteiger partial charge in [0.2, 0.25) is 76.8 Å². The topological polar surface area (TPSA) is 502 Å². The van der Waals surface area contributed by atoms with Gasteiger partial charge in [0.25, 0.3) is 0 Å². The van der Waals surface area contributed by atoms with Crippen LogP contribution in [0.15, 0.2) is 36.8 Å². The minimum atomic E-state index is -1.71. The van der Waals surface area contributed by atoms with E-state index >= 15 is 0 Å². The molecule has 4 fully saturated rings. The number of aliphatic carboxylic acids is 1. The van der Waals surface area contributed by atoms with Crippen LogP contribution in [0.25, 0.3) is 0 Å². The summed E-state index contributed by atoms with van der Waals surface area (Å²) in [5.74, 6) is -15.4. The summed E-state index contributed by atoms with van der Waals surface area (Å²) in [4.78, 5) is 204. The molecule has 95 heavy (non-hydrogen) atoms. The number of fused-ring (bicyclic) bond motifs is 6. The van der Waals surface area contributed by atoms with Crippen LogP contribution in [0.1, 0.15) is 83.9 Å². The maximum Gasteiger partial charge on any atom is 0.327 e. The number of nitrogens with zero attached hydrogens (tertiary/aromatic N) is 2. The second kappa shape index (κ2) is 37.4. The van der Waals surface area contributed by atoms with E-state index in [1.54, 1.807) is 27.7 Å². The predicted molar refractivity (Wildman–Crippen MR) is 349 cm³/mol. The molecule has 13 amide bonds. The number of aromatic amines is 1. The Bertz CT molecular complexity index is 3080. The van der Waals surface area contributed by atoms with Gasteiger partial charge in [-0.3, -0.25) is 62.3 Å². The molecule has 0 spiro atoms. The average molecular weight is 1410 g/mol. The lowest BCUT2D eigenvalue weighted by Gasteiger charge is -2.31. The number of amides is 13. The SMILES string of the molecule is CC(C)C[C@@H]1NC(=O)[C@H](CCCCN)NC(=O)[C@H](Cc2ccc(O)cc2)NC(=O)CNC(=O)[C@@H]2CSSC[C@@H](NC1=O)C(=O)N[C@@H](Cc1cnc[nH]1)C(=O)N1CC[C@H](O)[C@H]1C(=O)N[C@H](C(=O)O)CSSC[C@H](NC(=O)[C@@H](NC(=O)CNC(=O)[C@@H]1CCC(=O)N1)C(C)C)C(=O)N2. The smallest absolute Gasteiger partial charge is 0.327 e. The first-order valence-corrected chi connectivity index (χ1v) is 35.9. The number of H-pyrrole nitrogens is 1. The van der Waals surface area contributed by atoms with Gasteiger partial charge in [-0.1, -0.05) is 83.0 Å². The number of carboxylic acids is 1. The van der Waals surface area contributed by atoms with Crippen molar-refractivity contribution in [1.29, 1.82) is 0 Å². The molecule has 4 saturated heterocycles. The summed E-state index contributed by atoms with van der Waals surface area (Å²) in [6.45, 7) is 5.24. The third kappa shape index (κ3) is 23.8. The number of unbranched alkanes of at least 4 members (excludes halogenated alkanes) is 1. The van der Waals surface area contributed by atoms with Gasteiger partial charge in [0.05, 0.1) is 25.5 Å². The fourth-order valence-electron chi connectivity index (χ4n) is 10.4. The Morgan fingerprint density at radius 1 is 0.684 bits per heavy atom. The minimum absolute atomic E-state index is 0.00288. The fourth-order valence-corrected chi connectivity index (χ4v) is 15.0. The highest BCUT2D eigenvalue weighted by Gasteiger charge is 2.45. The number of aromatic nitrogens is 2. The van der Waals surface area contributed by atoms with Gasteiger partial charge in [-0.15, -0.1) is 0 Å². The van der Waals surface area contributed by atoms with Gasteiger partial charge in [0.15, 0.2) is 0 Å². The van der Waals surface area contributed by atoms with E-state index in [9.17, 15) is 82.4 Å². The third-order valence-corrected chi connectivity index (χ3v) is 20.3. The molecule has 522 valence electrons. The highest BCUT2D eigenvalue weighted by atomic mass is 33.1. The van der Waals surface area contributed by atoms with Gasteiger partial charge in [-0.2, -0.15) is 0 Å². The zero-order chi connectivity index (χ0) is 69.5. The van der Waals surface area contributed by atoms with Gasteiger partial charge in [-0.25, -0.2) is 9.78 Å². The molecule has 12 atom stereocenters. The predicted octanol–water partition coefficient (Wildman–Crippen LogP) is -4.56. The van der Waals surface area contributed by atoms with E-state index in [0.29, 0.717) is 24.1 Å². The number of hydrogen-bond acceptors (Lipinski definition) is 22. The molecule has 6 rings (SSSR count). The Morgan fingerprint density at radius 3 is 1.97 bits per heavy atom. The molecule has 0 saturated carbocycles. The van der Waals surface area contributed by atoms with E-state index in [4.69, 9.17) is 5.73 Å². The van der Waals surface area contributed by atoms with E-state index < -0.39 is 180 Å². The number of carbonyl (C=O) groups is 14. The van der Waals surface area contributed by atoms with Crippen LogP contribution >= 0.6 is 43.2 Å². The molecule has 1 aromatic heterocycles. The summed E-state index contributed by atoms with van der Waals surface area (Å²) in [6.07, 6.45) is 1.53. The zero-order valence-corrected chi connectivity index (χ0v) is 56.0. The lowest BCUT2D eigenvalue weighted by atomic mass is 10.0. The fraction of sp³-hybridized carbons (Fsp3) is 0.603. The van der Waals surface area contributed by atoms with Crippen molar-refractivity contribution in [2.75, 3.05) is 49.2 Å². The Balaban J connectivity index is 1.41. The van der Waals surface area contributed by atoms with Crippen LogP contribution in [0, 0.1) is 11.8 Å². The number of carboxylic acid groups (broad SMARTS) is 1. The van der Waals surface area contributed by atoms with Crippen molar-refractivity contribution < 1.29 is 82.4 Å². The van der Waals surface area contributed by atoms with Gasteiger partial charge in [-0.05, 0) is 74.6 Å². The van der Waals surface area contributed by atoms with E-state index in [1.165, 1.54) is 36.8 Å². The lowest BCUT2D eigenvalue weighted by molar-refractivity contribution is -0.146.